The van der Waals surface area contributed by atoms with Gasteiger partial charge in [-0.3, -0.25) is 4.57 Å². The van der Waals surface area contributed by atoms with Gasteiger partial charge in [0, 0.05) is 25.5 Å². The fourth-order valence-electron chi connectivity index (χ4n) is 2.00. The van der Waals surface area contributed by atoms with Crippen molar-refractivity contribution >= 4 is 12.1 Å². The van der Waals surface area contributed by atoms with Crippen LogP contribution in [0.4, 0.5) is 9.59 Å². The second-order valence-corrected chi connectivity index (χ2v) is 5.83. The topological polar surface area (TPSA) is 76.5 Å². The van der Waals surface area contributed by atoms with E-state index in [-0.39, 0.29) is 18.2 Å². The lowest BCUT2D eigenvalue weighted by molar-refractivity contribution is 0.0291. The SMILES string of the molecule is CC(C)(C)OC(=O)N1CCC(NC(=O)n2ccnc2)C1. The molecule has 2 heterocycles. The molecule has 0 saturated carbocycles. The zero-order chi connectivity index (χ0) is 14.8. The second kappa shape index (κ2) is 5.52. The molecule has 0 radical (unpaired) electrons. The number of carbonyl (C=O) groups excluding carboxylic acids is 2. The lowest BCUT2D eigenvalue weighted by Crippen LogP contribution is -2.41. The molecule has 1 atom stereocenters. The molecule has 0 spiro atoms. The van der Waals surface area contributed by atoms with E-state index < -0.39 is 5.60 Å². The first-order valence-corrected chi connectivity index (χ1v) is 6.62. The summed E-state index contributed by atoms with van der Waals surface area (Å²) in [6.45, 7) is 6.55. The van der Waals surface area contributed by atoms with Gasteiger partial charge in [-0.25, -0.2) is 14.6 Å². The van der Waals surface area contributed by atoms with Gasteiger partial charge in [0.05, 0.1) is 6.04 Å². The van der Waals surface area contributed by atoms with Crippen LogP contribution in [0.3, 0.4) is 0 Å². The lowest BCUT2D eigenvalue weighted by Gasteiger charge is -2.24. The zero-order valence-corrected chi connectivity index (χ0v) is 12.0. The summed E-state index contributed by atoms with van der Waals surface area (Å²) in [7, 11) is 0. The Kier molecular flexibility index (Phi) is 3.96. The number of rotatable bonds is 1. The van der Waals surface area contributed by atoms with Crippen LogP contribution in [0.1, 0.15) is 27.2 Å². The predicted molar refractivity (Wildman–Crippen MR) is 72.4 cm³/mol. The minimum atomic E-state index is -0.505. The van der Waals surface area contributed by atoms with Crippen LogP contribution < -0.4 is 5.32 Å². The highest BCUT2D eigenvalue weighted by atomic mass is 16.6. The Morgan fingerprint density at radius 2 is 2.15 bits per heavy atom. The molecule has 20 heavy (non-hydrogen) atoms. The molecule has 7 heteroatoms. The van der Waals surface area contributed by atoms with Crippen LogP contribution in [0.5, 0.6) is 0 Å². The molecule has 2 amide bonds. The Morgan fingerprint density at radius 1 is 1.40 bits per heavy atom. The Morgan fingerprint density at radius 3 is 2.75 bits per heavy atom. The van der Waals surface area contributed by atoms with Gasteiger partial charge >= 0.3 is 12.1 Å². The molecule has 1 aromatic heterocycles. The van der Waals surface area contributed by atoms with Crippen LogP contribution in [-0.2, 0) is 4.74 Å². The van der Waals surface area contributed by atoms with Gasteiger partial charge in [0.1, 0.15) is 11.9 Å². The molecule has 2 rings (SSSR count). The third-order valence-corrected chi connectivity index (χ3v) is 2.91. The summed E-state index contributed by atoms with van der Waals surface area (Å²) < 4.78 is 6.68. The van der Waals surface area contributed by atoms with E-state index in [2.05, 4.69) is 10.3 Å². The first kappa shape index (κ1) is 14.4. The Bertz CT molecular complexity index is 478. The summed E-state index contributed by atoms with van der Waals surface area (Å²) in [6, 6.07) is -0.295. The maximum Gasteiger partial charge on any atom is 0.410 e. The number of hydrogen-bond acceptors (Lipinski definition) is 4. The quantitative estimate of drug-likeness (QED) is 0.844. The van der Waals surface area contributed by atoms with Crippen LogP contribution in [0.15, 0.2) is 18.7 Å². The van der Waals surface area contributed by atoms with Crippen LogP contribution in [0.25, 0.3) is 0 Å². The zero-order valence-electron chi connectivity index (χ0n) is 12.0. The first-order chi connectivity index (χ1) is 9.35. The number of carbonyl (C=O) groups is 2. The van der Waals surface area contributed by atoms with Gasteiger partial charge in [0.15, 0.2) is 0 Å². The van der Waals surface area contributed by atoms with Crippen molar-refractivity contribution in [1.82, 2.24) is 19.8 Å². The van der Waals surface area contributed by atoms with E-state index >= 15 is 0 Å². The number of likely N-dealkylation sites (tertiary alicyclic amines) is 1. The highest BCUT2D eigenvalue weighted by Crippen LogP contribution is 2.15. The minimum absolute atomic E-state index is 0.0579. The number of nitrogens with one attached hydrogen (secondary N) is 1. The van der Waals surface area contributed by atoms with Gasteiger partial charge in [-0.1, -0.05) is 0 Å². The normalized spacial score (nSPS) is 18.9. The van der Waals surface area contributed by atoms with Crippen LogP contribution >= 0.6 is 0 Å². The van der Waals surface area contributed by atoms with Gasteiger partial charge < -0.3 is 15.0 Å². The third kappa shape index (κ3) is 3.72. The fourth-order valence-corrected chi connectivity index (χ4v) is 2.00. The summed E-state index contributed by atoms with van der Waals surface area (Å²) >= 11 is 0. The van der Waals surface area contributed by atoms with Crippen molar-refractivity contribution in [3.63, 3.8) is 0 Å². The van der Waals surface area contributed by atoms with E-state index in [4.69, 9.17) is 4.74 Å². The van der Waals surface area contributed by atoms with Crippen LogP contribution in [0.2, 0.25) is 0 Å². The largest absolute Gasteiger partial charge is 0.444 e. The van der Waals surface area contributed by atoms with Gasteiger partial charge in [0.2, 0.25) is 0 Å². The summed E-state index contributed by atoms with van der Waals surface area (Å²) in [5.41, 5.74) is -0.505. The minimum Gasteiger partial charge on any atom is -0.444 e. The van der Waals surface area contributed by atoms with E-state index in [1.165, 1.54) is 10.9 Å². The molecule has 1 aromatic rings. The Labute approximate surface area is 117 Å². The van der Waals surface area contributed by atoms with Crippen molar-refractivity contribution in [2.24, 2.45) is 0 Å². The fraction of sp³-hybridized carbons (Fsp3) is 0.615. The van der Waals surface area contributed by atoms with Crippen LogP contribution in [-0.4, -0.2) is 51.3 Å². The highest BCUT2D eigenvalue weighted by Gasteiger charge is 2.30. The molecule has 1 saturated heterocycles. The van der Waals surface area contributed by atoms with Gasteiger partial charge in [-0.15, -0.1) is 0 Å². The summed E-state index contributed by atoms with van der Waals surface area (Å²) in [5, 5.41) is 2.86. The predicted octanol–water partition coefficient (Wildman–Crippen LogP) is 1.45. The number of nitrogens with zero attached hydrogens (tertiary/aromatic N) is 3. The van der Waals surface area contributed by atoms with Crippen molar-refractivity contribution in [2.45, 2.75) is 38.8 Å². The number of ether oxygens (including phenoxy) is 1. The number of aromatic nitrogens is 2. The molecule has 0 bridgehead atoms. The molecule has 1 aliphatic rings. The molecule has 1 fully saturated rings. The molecule has 0 aliphatic carbocycles. The lowest BCUT2D eigenvalue weighted by atomic mass is 10.2. The van der Waals surface area contributed by atoms with Gasteiger partial charge in [0.25, 0.3) is 0 Å². The molecule has 1 aliphatic heterocycles. The summed E-state index contributed by atoms with van der Waals surface area (Å²) in [6.07, 6.45) is 4.95. The van der Waals surface area contributed by atoms with Crippen molar-refractivity contribution in [1.29, 1.82) is 0 Å². The molecule has 0 aromatic carbocycles. The van der Waals surface area contributed by atoms with E-state index in [0.29, 0.717) is 13.1 Å². The maximum absolute atomic E-state index is 11.9. The van der Waals surface area contributed by atoms with Crippen molar-refractivity contribution in [2.75, 3.05) is 13.1 Å². The summed E-state index contributed by atoms with van der Waals surface area (Å²) in [5.74, 6) is 0. The number of hydrogen-bond donors (Lipinski definition) is 1. The smallest absolute Gasteiger partial charge is 0.410 e. The molecule has 1 N–H and O–H groups in total. The maximum atomic E-state index is 11.9. The van der Waals surface area contributed by atoms with E-state index in [1.807, 2.05) is 20.8 Å². The van der Waals surface area contributed by atoms with Gasteiger partial charge in [-0.05, 0) is 27.2 Å². The standard InChI is InChI=1S/C13H20N4O3/c1-13(2,3)20-12(19)16-6-4-10(8-16)15-11(18)17-7-5-14-9-17/h5,7,9-10H,4,6,8H2,1-3H3,(H,15,18). The molecular formula is C13H20N4O3. The monoisotopic (exact) mass is 280 g/mol. The van der Waals surface area contributed by atoms with Gasteiger partial charge in [-0.2, -0.15) is 0 Å². The van der Waals surface area contributed by atoms with E-state index in [0.717, 1.165) is 6.42 Å². The van der Waals surface area contributed by atoms with E-state index in [1.54, 1.807) is 17.3 Å². The van der Waals surface area contributed by atoms with Crippen LogP contribution in [0, 0.1) is 0 Å². The number of amides is 2. The molecule has 1 unspecified atom stereocenters. The highest BCUT2D eigenvalue weighted by molar-refractivity contribution is 5.77. The molecule has 110 valence electrons. The van der Waals surface area contributed by atoms with Crippen molar-refractivity contribution in [3.05, 3.63) is 18.7 Å². The Balaban J connectivity index is 1.83. The number of imidazole rings is 1. The average molecular weight is 280 g/mol. The molecular weight excluding hydrogens is 260 g/mol. The molecule has 7 nitrogen and oxygen atoms in total. The third-order valence-electron chi connectivity index (χ3n) is 2.91. The van der Waals surface area contributed by atoms with E-state index in [9.17, 15) is 9.59 Å². The van der Waals surface area contributed by atoms with Crippen molar-refractivity contribution in [3.8, 4) is 0 Å². The van der Waals surface area contributed by atoms with Crippen molar-refractivity contribution < 1.29 is 14.3 Å². The second-order valence-electron chi connectivity index (χ2n) is 5.83. The summed E-state index contributed by atoms with van der Waals surface area (Å²) in [4.78, 5) is 29.2. The first-order valence-electron chi connectivity index (χ1n) is 6.62. The average Bonchev–Trinajstić information content (AvgIpc) is 2.97. The Hall–Kier alpha value is -2.05.